The zero-order valence-corrected chi connectivity index (χ0v) is 12.6. The molecule has 0 aliphatic rings. The van der Waals surface area contributed by atoms with Crippen LogP contribution in [0.25, 0.3) is 0 Å². The first-order chi connectivity index (χ1) is 9.11. The number of amides is 1. The SMILES string of the molecule is NNc1cnccc1C(=O)Nc1ccc(I)cc1Cl. The molecule has 0 bridgehead atoms. The second kappa shape index (κ2) is 6.18. The fourth-order valence-electron chi connectivity index (χ4n) is 1.49. The lowest BCUT2D eigenvalue weighted by Gasteiger charge is -2.10. The zero-order valence-electron chi connectivity index (χ0n) is 9.65. The first kappa shape index (κ1) is 14.0. The summed E-state index contributed by atoms with van der Waals surface area (Å²) in [5.41, 5.74) is 3.82. The number of nitrogens with two attached hydrogens (primary N) is 1. The third-order valence-electron chi connectivity index (χ3n) is 2.40. The number of anilines is 2. The maximum atomic E-state index is 12.1. The Hall–Kier alpha value is -1.38. The van der Waals surface area contributed by atoms with Crippen LogP contribution in [0.2, 0.25) is 5.02 Å². The molecule has 0 fully saturated rings. The molecular weight excluding hydrogens is 379 g/mol. The van der Waals surface area contributed by atoms with Gasteiger partial charge in [-0.25, -0.2) is 0 Å². The van der Waals surface area contributed by atoms with Crippen LogP contribution in [0.5, 0.6) is 0 Å². The van der Waals surface area contributed by atoms with Crippen molar-refractivity contribution in [1.82, 2.24) is 4.98 Å². The van der Waals surface area contributed by atoms with Gasteiger partial charge < -0.3 is 10.7 Å². The van der Waals surface area contributed by atoms with Crippen molar-refractivity contribution in [3.63, 3.8) is 0 Å². The lowest BCUT2D eigenvalue weighted by atomic mass is 10.2. The Morgan fingerprint density at radius 2 is 2.11 bits per heavy atom. The fraction of sp³-hybridized carbons (Fsp3) is 0. The number of hydrogen-bond donors (Lipinski definition) is 3. The van der Waals surface area contributed by atoms with E-state index in [2.05, 4.69) is 38.3 Å². The number of carbonyl (C=O) groups excluding carboxylic acids is 1. The summed E-state index contributed by atoms with van der Waals surface area (Å²) in [7, 11) is 0. The molecular formula is C12H10ClIN4O. The van der Waals surface area contributed by atoms with Crippen LogP contribution < -0.4 is 16.6 Å². The van der Waals surface area contributed by atoms with E-state index >= 15 is 0 Å². The number of carbonyl (C=O) groups is 1. The molecule has 1 heterocycles. The first-order valence-corrected chi connectivity index (χ1v) is 6.74. The highest BCUT2D eigenvalue weighted by Gasteiger charge is 2.12. The Labute approximate surface area is 128 Å². The van der Waals surface area contributed by atoms with Crippen LogP contribution in [0.3, 0.4) is 0 Å². The molecule has 1 aromatic heterocycles. The van der Waals surface area contributed by atoms with E-state index in [-0.39, 0.29) is 5.91 Å². The smallest absolute Gasteiger partial charge is 0.257 e. The predicted octanol–water partition coefficient (Wildman–Crippen LogP) is 2.88. The van der Waals surface area contributed by atoms with Gasteiger partial charge in [0.15, 0.2) is 0 Å². The maximum Gasteiger partial charge on any atom is 0.257 e. The Balaban J connectivity index is 2.26. The minimum absolute atomic E-state index is 0.307. The van der Waals surface area contributed by atoms with E-state index in [9.17, 15) is 4.79 Å². The summed E-state index contributed by atoms with van der Waals surface area (Å²) in [5, 5.41) is 3.21. The average Bonchev–Trinajstić information content (AvgIpc) is 2.41. The summed E-state index contributed by atoms with van der Waals surface area (Å²) in [6.07, 6.45) is 3.00. The van der Waals surface area contributed by atoms with Gasteiger partial charge in [0, 0.05) is 9.77 Å². The fourth-order valence-corrected chi connectivity index (χ4v) is 2.39. The molecule has 19 heavy (non-hydrogen) atoms. The molecule has 0 saturated carbocycles. The van der Waals surface area contributed by atoms with Crippen molar-refractivity contribution in [3.8, 4) is 0 Å². The zero-order chi connectivity index (χ0) is 13.8. The molecule has 7 heteroatoms. The van der Waals surface area contributed by atoms with E-state index in [4.69, 9.17) is 17.4 Å². The minimum Gasteiger partial charge on any atom is -0.322 e. The number of rotatable bonds is 3. The predicted molar refractivity (Wildman–Crippen MR) is 84.2 cm³/mol. The van der Waals surface area contributed by atoms with Crippen LogP contribution in [0, 0.1) is 3.57 Å². The standard InChI is InChI=1S/C12H10ClIN4O/c13-9-5-7(14)1-2-10(9)17-12(19)8-3-4-16-6-11(8)18-15/h1-6,18H,15H2,(H,17,19). The number of pyridine rings is 1. The molecule has 0 aliphatic carbocycles. The summed E-state index contributed by atoms with van der Waals surface area (Å²) in [4.78, 5) is 16.0. The highest BCUT2D eigenvalue weighted by atomic mass is 127. The van der Waals surface area contributed by atoms with E-state index in [1.54, 1.807) is 18.2 Å². The van der Waals surface area contributed by atoms with Gasteiger partial charge in [-0.1, -0.05) is 11.6 Å². The van der Waals surface area contributed by atoms with Crippen molar-refractivity contribution in [2.24, 2.45) is 5.84 Å². The Morgan fingerprint density at radius 1 is 1.32 bits per heavy atom. The Kier molecular flexibility index (Phi) is 4.56. The Bertz CT molecular complexity index is 620. The Morgan fingerprint density at radius 3 is 2.79 bits per heavy atom. The van der Waals surface area contributed by atoms with E-state index in [0.29, 0.717) is 22.0 Å². The van der Waals surface area contributed by atoms with Crippen molar-refractivity contribution < 1.29 is 4.79 Å². The third kappa shape index (κ3) is 3.34. The van der Waals surface area contributed by atoms with Crippen LogP contribution >= 0.6 is 34.2 Å². The van der Waals surface area contributed by atoms with Gasteiger partial charge in [0.2, 0.25) is 0 Å². The van der Waals surface area contributed by atoms with Gasteiger partial charge in [0.25, 0.3) is 5.91 Å². The van der Waals surface area contributed by atoms with E-state index in [1.165, 1.54) is 12.4 Å². The van der Waals surface area contributed by atoms with Crippen molar-refractivity contribution in [2.45, 2.75) is 0 Å². The van der Waals surface area contributed by atoms with Crippen molar-refractivity contribution in [3.05, 3.63) is 50.8 Å². The second-order valence-electron chi connectivity index (χ2n) is 3.64. The van der Waals surface area contributed by atoms with Gasteiger partial charge >= 0.3 is 0 Å². The molecule has 1 aromatic carbocycles. The van der Waals surface area contributed by atoms with Crippen molar-refractivity contribution >= 4 is 51.5 Å². The van der Waals surface area contributed by atoms with E-state index < -0.39 is 0 Å². The summed E-state index contributed by atoms with van der Waals surface area (Å²) in [6.45, 7) is 0. The number of benzene rings is 1. The number of hydrogen-bond acceptors (Lipinski definition) is 4. The summed E-state index contributed by atoms with van der Waals surface area (Å²) in [6, 6.07) is 6.95. The molecule has 0 atom stereocenters. The largest absolute Gasteiger partial charge is 0.322 e. The third-order valence-corrected chi connectivity index (χ3v) is 3.38. The summed E-state index contributed by atoms with van der Waals surface area (Å²) >= 11 is 8.21. The number of halogens is 2. The molecule has 2 aromatic rings. The highest BCUT2D eigenvalue weighted by Crippen LogP contribution is 2.25. The van der Waals surface area contributed by atoms with Gasteiger partial charge in [-0.2, -0.15) is 0 Å². The normalized spacial score (nSPS) is 10.1. The van der Waals surface area contributed by atoms with Crippen LogP contribution in [0.1, 0.15) is 10.4 Å². The number of nitrogens with one attached hydrogen (secondary N) is 2. The van der Waals surface area contributed by atoms with Gasteiger partial charge in [-0.15, -0.1) is 0 Å². The molecule has 5 nitrogen and oxygen atoms in total. The number of hydrazine groups is 1. The molecule has 0 aliphatic heterocycles. The van der Waals surface area contributed by atoms with Crippen molar-refractivity contribution in [2.75, 3.05) is 10.7 Å². The minimum atomic E-state index is -0.307. The maximum absolute atomic E-state index is 12.1. The topological polar surface area (TPSA) is 80.0 Å². The van der Waals surface area contributed by atoms with Crippen LogP contribution in [-0.2, 0) is 0 Å². The van der Waals surface area contributed by atoms with Crippen LogP contribution in [0.4, 0.5) is 11.4 Å². The number of nitrogens with zero attached hydrogens (tertiary/aromatic N) is 1. The molecule has 1 amide bonds. The lowest BCUT2D eigenvalue weighted by molar-refractivity contribution is 0.102. The van der Waals surface area contributed by atoms with Gasteiger partial charge in [0.1, 0.15) is 0 Å². The first-order valence-electron chi connectivity index (χ1n) is 5.29. The molecule has 0 spiro atoms. The second-order valence-corrected chi connectivity index (χ2v) is 5.30. The molecule has 4 N–H and O–H groups in total. The summed E-state index contributed by atoms with van der Waals surface area (Å²) in [5.74, 6) is 5.03. The van der Waals surface area contributed by atoms with Gasteiger partial charge in [-0.05, 0) is 46.9 Å². The molecule has 98 valence electrons. The van der Waals surface area contributed by atoms with Gasteiger partial charge in [0.05, 0.1) is 28.2 Å². The monoisotopic (exact) mass is 388 g/mol. The molecule has 0 radical (unpaired) electrons. The lowest BCUT2D eigenvalue weighted by Crippen LogP contribution is -2.17. The molecule has 0 unspecified atom stereocenters. The van der Waals surface area contributed by atoms with E-state index in [1.807, 2.05) is 6.07 Å². The average molecular weight is 389 g/mol. The molecule has 2 rings (SSSR count). The van der Waals surface area contributed by atoms with Crippen LogP contribution in [0.15, 0.2) is 36.7 Å². The number of nitrogen functional groups attached to an aromatic ring is 1. The van der Waals surface area contributed by atoms with E-state index in [0.717, 1.165) is 3.57 Å². The quantitative estimate of drug-likeness (QED) is 0.429. The van der Waals surface area contributed by atoms with Crippen LogP contribution in [-0.4, -0.2) is 10.9 Å². The molecule has 0 saturated heterocycles. The number of aromatic nitrogens is 1. The highest BCUT2D eigenvalue weighted by molar-refractivity contribution is 14.1. The summed E-state index contributed by atoms with van der Waals surface area (Å²) < 4.78 is 0.994. The van der Waals surface area contributed by atoms with Crippen molar-refractivity contribution in [1.29, 1.82) is 0 Å². The van der Waals surface area contributed by atoms with Gasteiger partial charge in [-0.3, -0.25) is 15.6 Å².